The standard InChI is InChI=1S/C12H16N4/c1-9-6-4-5-7-11(9)16-12(8-14-15-16)10(2)13-3/h4-8,10,13H,1-3H3. The summed E-state index contributed by atoms with van der Waals surface area (Å²) in [5.41, 5.74) is 3.34. The van der Waals surface area contributed by atoms with Gasteiger partial charge in [0.2, 0.25) is 0 Å². The topological polar surface area (TPSA) is 42.7 Å². The number of aromatic nitrogens is 3. The Morgan fingerprint density at radius 2 is 2.06 bits per heavy atom. The van der Waals surface area contributed by atoms with E-state index in [2.05, 4.69) is 41.6 Å². The Balaban J connectivity index is 2.49. The molecule has 0 saturated carbocycles. The fraction of sp³-hybridized carbons (Fsp3) is 0.333. The van der Waals surface area contributed by atoms with Crippen LogP contribution in [-0.2, 0) is 0 Å². The van der Waals surface area contributed by atoms with Gasteiger partial charge in [0.05, 0.1) is 17.6 Å². The quantitative estimate of drug-likeness (QED) is 0.851. The first-order valence-corrected chi connectivity index (χ1v) is 5.38. The fourth-order valence-electron chi connectivity index (χ4n) is 1.67. The van der Waals surface area contributed by atoms with E-state index in [-0.39, 0.29) is 6.04 Å². The van der Waals surface area contributed by atoms with Crippen molar-refractivity contribution in [2.45, 2.75) is 19.9 Å². The van der Waals surface area contributed by atoms with Crippen LogP contribution in [0.15, 0.2) is 30.5 Å². The van der Waals surface area contributed by atoms with Crippen LogP contribution in [0.4, 0.5) is 0 Å². The van der Waals surface area contributed by atoms with Crippen LogP contribution in [-0.4, -0.2) is 22.0 Å². The van der Waals surface area contributed by atoms with E-state index in [9.17, 15) is 0 Å². The second-order valence-electron chi connectivity index (χ2n) is 3.87. The average molecular weight is 216 g/mol. The van der Waals surface area contributed by atoms with Crippen LogP contribution in [0.5, 0.6) is 0 Å². The summed E-state index contributed by atoms with van der Waals surface area (Å²) in [6.45, 7) is 4.16. The third kappa shape index (κ3) is 1.84. The minimum absolute atomic E-state index is 0.231. The van der Waals surface area contributed by atoms with E-state index >= 15 is 0 Å². The summed E-state index contributed by atoms with van der Waals surface area (Å²) in [6, 6.07) is 8.39. The van der Waals surface area contributed by atoms with Crippen molar-refractivity contribution < 1.29 is 0 Å². The normalized spacial score (nSPS) is 12.7. The number of hydrogen-bond donors (Lipinski definition) is 1. The van der Waals surface area contributed by atoms with Crippen LogP contribution in [0.25, 0.3) is 5.69 Å². The number of rotatable bonds is 3. The van der Waals surface area contributed by atoms with Gasteiger partial charge in [0.25, 0.3) is 0 Å². The van der Waals surface area contributed by atoms with Crippen LogP contribution in [0, 0.1) is 6.92 Å². The minimum atomic E-state index is 0.231. The van der Waals surface area contributed by atoms with Gasteiger partial charge >= 0.3 is 0 Å². The summed E-state index contributed by atoms with van der Waals surface area (Å²) in [6.07, 6.45) is 1.80. The molecule has 0 spiro atoms. The van der Waals surface area contributed by atoms with Crippen molar-refractivity contribution in [2.75, 3.05) is 7.05 Å². The Morgan fingerprint density at radius 3 is 2.75 bits per heavy atom. The largest absolute Gasteiger partial charge is 0.312 e. The molecule has 1 aromatic carbocycles. The molecule has 0 aliphatic heterocycles. The third-order valence-corrected chi connectivity index (χ3v) is 2.80. The second-order valence-corrected chi connectivity index (χ2v) is 3.87. The molecule has 0 aliphatic rings. The molecule has 4 nitrogen and oxygen atoms in total. The Morgan fingerprint density at radius 1 is 1.31 bits per heavy atom. The fourth-order valence-corrected chi connectivity index (χ4v) is 1.67. The Kier molecular flexibility index (Phi) is 3.01. The van der Waals surface area contributed by atoms with Crippen molar-refractivity contribution in [1.82, 2.24) is 20.3 Å². The molecule has 1 atom stereocenters. The van der Waals surface area contributed by atoms with Gasteiger partial charge in [-0.3, -0.25) is 0 Å². The summed E-state index contributed by atoms with van der Waals surface area (Å²) in [5.74, 6) is 0. The molecule has 2 aromatic rings. The van der Waals surface area contributed by atoms with Crippen molar-refractivity contribution in [2.24, 2.45) is 0 Å². The molecule has 0 radical (unpaired) electrons. The van der Waals surface area contributed by atoms with E-state index in [0.29, 0.717) is 0 Å². The lowest BCUT2D eigenvalue weighted by Crippen LogP contribution is -2.17. The molecule has 0 amide bonds. The van der Waals surface area contributed by atoms with Gasteiger partial charge in [-0.25, -0.2) is 4.68 Å². The molecule has 0 bridgehead atoms. The van der Waals surface area contributed by atoms with Crippen molar-refractivity contribution in [3.63, 3.8) is 0 Å². The highest BCUT2D eigenvalue weighted by molar-refractivity contribution is 5.40. The predicted octanol–water partition coefficient (Wildman–Crippen LogP) is 1.86. The summed E-state index contributed by atoms with van der Waals surface area (Å²) in [4.78, 5) is 0. The predicted molar refractivity (Wildman–Crippen MR) is 63.6 cm³/mol. The summed E-state index contributed by atoms with van der Waals surface area (Å²) < 4.78 is 1.89. The van der Waals surface area contributed by atoms with Gasteiger partial charge in [0.1, 0.15) is 0 Å². The van der Waals surface area contributed by atoms with Gasteiger partial charge in [0.15, 0.2) is 0 Å². The molecule has 84 valence electrons. The molecule has 1 heterocycles. The molecule has 1 aromatic heterocycles. The van der Waals surface area contributed by atoms with Crippen LogP contribution >= 0.6 is 0 Å². The number of para-hydroxylation sites is 1. The molecule has 0 saturated heterocycles. The summed E-state index contributed by atoms with van der Waals surface area (Å²) in [5, 5.41) is 11.3. The molecule has 0 aliphatic carbocycles. The van der Waals surface area contributed by atoms with E-state index in [1.165, 1.54) is 5.56 Å². The van der Waals surface area contributed by atoms with Crippen molar-refractivity contribution in [3.8, 4) is 5.69 Å². The maximum Gasteiger partial charge on any atom is 0.0812 e. The van der Waals surface area contributed by atoms with Crippen LogP contribution < -0.4 is 5.32 Å². The van der Waals surface area contributed by atoms with E-state index in [1.54, 1.807) is 6.20 Å². The highest BCUT2D eigenvalue weighted by Gasteiger charge is 2.12. The zero-order valence-electron chi connectivity index (χ0n) is 9.81. The molecule has 1 unspecified atom stereocenters. The number of benzene rings is 1. The Hall–Kier alpha value is -1.68. The van der Waals surface area contributed by atoms with Gasteiger partial charge in [-0.15, -0.1) is 5.10 Å². The lowest BCUT2D eigenvalue weighted by atomic mass is 10.2. The SMILES string of the molecule is CNC(C)c1cnnn1-c1ccccc1C. The Bertz CT molecular complexity index is 475. The van der Waals surface area contributed by atoms with Crippen molar-refractivity contribution in [1.29, 1.82) is 0 Å². The molecular weight excluding hydrogens is 200 g/mol. The van der Waals surface area contributed by atoms with Gasteiger partial charge in [-0.2, -0.15) is 0 Å². The molecule has 0 fully saturated rings. The lowest BCUT2D eigenvalue weighted by Gasteiger charge is -2.13. The van der Waals surface area contributed by atoms with Crippen LogP contribution in [0.1, 0.15) is 24.2 Å². The zero-order valence-corrected chi connectivity index (χ0v) is 9.81. The lowest BCUT2D eigenvalue weighted by molar-refractivity contribution is 0.602. The van der Waals surface area contributed by atoms with E-state index < -0.39 is 0 Å². The van der Waals surface area contributed by atoms with E-state index in [1.807, 2.05) is 23.9 Å². The summed E-state index contributed by atoms with van der Waals surface area (Å²) >= 11 is 0. The van der Waals surface area contributed by atoms with Gasteiger partial charge in [0, 0.05) is 6.04 Å². The van der Waals surface area contributed by atoms with Crippen molar-refractivity contribution in [3.05, 3.63) is 41.7 Å². The summed E-state index contributed by atoms with van der Waals surface area (Å²) in [7, 11) is 1.93. The van der Waals surface area contributed by atoms with E-state index in [0.717, 1.165) is 11.4 Å². The highest BCUT2D eigenvalue weighted by Crippen LogP contribution is 2.18. The van der Waals surface area contributed by atoms with E-state index in [4.69, 9.17) is 0 Å². The monoisotopic (exact) mass is 216 g/mol. The molecule has 2 rings (SSSR count). The molecule has 16 heavy (non-hydrogen) atoms. The first-order chi connectivity index (χ1) is 7.74. The molecule has 4 heteroatoms. The number of hydrogen-bond acceptors (Lipinski definition) is 3. The number of aryl methyl sites for hydroxylation is 1. The third-order valence-electron chi connectivity index (χ3n) is 2.80. The number of nitrogens with one attached hydrogen (secondary N) is 1. The highest BCUT2D eigenvalue weighted by atomic mass is 15.4. The van der Waals surface area contributed by atoms with Crippen molar-refractivity contribution >= 4 is 0 Å². The molecular formula is C12H16N4. The van der Waals surface area contributed by atoms with Gasteiger partial charge < -0.3 is 5.32 Å². The van der Waals surface area contributed by atoms with Gasteiger partial charge in [-0.1, -0.05) is 23.4 Å². The number of nitrogens with zero attached hydrogens (tertiary/aromatic N) is 3. The minimum Gasteiger partial charge on any atom is -0.312 e. The van der Waals surface area contributed by atoms with Gasteiger partial charge in [-0.05, 0) is 32.5 Å². The second kappa shape index (κ2) is 4.45. The maximum atomic E-state index is 4.14. The molecule has 1 N–H and O–H groups in total. The Labute approximate surface area is 95.3 Å². The van der Waals surface area contributed by atoms with Crippen LogP contribution in [0.2, 0.25) is 0 Å². The zero-order chi connectivity index (χ0) is 11.5. The maximum absolute atomic E-state index is 4.14. The first kappa shape index (κ1) is 10.8. The smallest absolute Gasteiger partial charge is 0.0812 e. The van der Waals surface area contributed by atoms with Crippen LogP contribution in [0.3, 0.4) is 0 Å². The first-order valence-electron chi connectivity index (χ1n) is 5.38. The average Bonchev–Trinajstić information content (AvgIpc) is 2.77.